The van der Waals surface area contributed by atoms with E-state index in [1.165, 1.54) is 26.2 Å². The molecule has 1 aliphatic heterocycles. The number of carbonyl (C=O) groups excluding carboxylic acids is 2. The smallest absolute Gasteiger partial charge is 0.300 e. The molecule has 1 aliphatic rings. The quantitative estimate of drug-likeness (QED) is 0.310. The number of ketones is 1. The summed E-state index contributed by atoms with van der Waals surface area (Å²) in [7, 11) is 4.52. The molecule has 180 valence electrons. The summed E-state index contributed by atoms with van der Waals surface area (Å²) in [4.78, 5) is 28.4. The number of carbonyl (C=O) groups is 2. The van der Waals surface area contributed by atoms with Crippen LogP contribution in [0.5, 0.6) is 17.2 Å². The zero-order chi connectivity index (χ0) is 25.3. The van der Waals surface area contributed by atoms with Gasteiger partial charge in [0.15, 0.2) is 11.5 Å². The van der Waals surface area contributed by atoms with E-state index in [0.717, 1.165) is 11.1 Å². The first-order chi connectivity index (χ1) is 16.8. The molecular formula is C28H27NO6. The summed E-state index contributed by atoms with van der Waals surface area (Å²) in [6.07, 6.45) is 0. The lowest BCUT2D eigenvalue weighted by Crippen LogP contribution is -2.30. The number of aryl methyl sites for hydroxylation is 1. The van der Waals surface area contributed by atoms with Gasteiger partial charge >= 0.3 is 0 Å². The third-order valence-electron chi connectivity index (χ3n) is 6.37. The zero-order valence-electron chi connectivity index (χ0n) is 20.3. The number of methoxy groups -OCH3 is 3. The van der Waals surface area contributed by atoms with Gasteiger partial charge in [-0.3, -0.25) is 14.5 Å². The highest BCUT2D eigenvalue weighted by atomic mass is 16.5. The van der Waals surface area contributed by atoms with E-state index in [1.807, 2.05) is 26.0 Å². The largest absolute Gasteiger partial charge is 0.507 e. The molecule has 3 aromatic rings. The minimum absolute atomic E-state index is 0.0346. The van der Waals surface area contributed by atoms with Crippen LogP contribution in [0.1, 0.15) is 28.3 Å². The third kappa shape index (κ3) is 3.99. The molecule has 7 heteroatoms. The van der Waals surface area contributed by atoms with Gasteiger partial charge in [-0.15, -0.1) is 0 Å². The predicted molar refractivity (Wildman–Crippen MR) is 133 cm³/mol. The molecule has 0 spiro atoms. The van der Waals surface area contributed by atoms with Crippen molar-refractivity contribution in [1.82, 2.24) is 0 Å². The number of amides is 1. The number of para-hydroxylation sites is 1. The van der Waals surface area contributed by atoms with Crippen molar-refractivity contribution in [2.75, 3.05) is 26.2 Å². The molecule has 4 rings (SSSR count). The molecule has 1 heterocycles. The maximum atomic E-state index is 13.5. The number of hydrogen-bond acceptors (Lipinski definition) is 6. The van der Waals surface area contributed by atoms with Gasteiger partial charge in [-0.1, -0.05) is 30.3 Å². The van der Waals surface area contributed by atoms with Crippen molar-refractivity contribution in [2.45, 2.75) is 19.9 Å². The monoisotopic (exact) mass is 473 g/mol. The lowest BCUT2D eigenvalue weighted by atomic mass is 9.94. The van der Waals surface area contributed by atoms with Crippen LogP contribution < -0.4 is 19.1 Å². The van der Waals surface area contributed by atoms with Crippen molar-refractivity contribution < 1.29 is 28.9 Å². The summed E-state index contributed by atoms with van der Waals surface area (Å²) < 4.78 is 16.2. The summed E-state index contributed by atoms with van der Waals surface area (Å²) in [5, 5.41) is 11.4. The maximum absolute atomic E-state index is 13.5. The van der Waals surface area contributed by atoms with Crippen LogP contribution in [-0.2, 0) is 9.59 Å². The molecule has 3 aromatic carbocycles. The number of rotatable bonds is 6. The second kappa shape index (κ2) is 9.54. The minimum Gasteiger partial charge on any atom is -0.507 e. The van der Waals surface area contributed by atoms with Gasteiger partial charge in [0.2, 0.25) is 0 Å². The Kier molecular flexibility index (Phi) is 6.51. The fraction of sp³-hybridized carbons (Fsp3) is 0.214. The fourth-order valence-electron chi connectivity index (χ4n) is 4.40. The van der Waals surface area contributed by atoms with Gasteiger partial charge < -0.3 is 19.3 Å². The Balaban J connectivity index is 2.01. The van der Waals surface area contributed by atoms with E-state index in [1.54, 1.807) is 48.5 Å². The number of benzene rings is 3. The zero-order valence-corrected chi connectivity index (χ0v) is 20.3. The molecule has 1 amide bonds. The van der Waals surface area contributed by atoms with Gasteiger partial charge in [0.25, 0.3) is 11.7 Å². The van der Waals surface area contributed by atoms with Crippen LogP contribution in [0.25, 0.3) is 5.76 Å². The van der Waals surface area contributed by atoms with Crippen LogP contribution in [-0.4, -0.2) is 38.1 Å². The van der Waals surface area contributed by atoms with Crippen LogP contribution in [0.3, 0.4) is 0 Å². The highest BCUT2D eigenvalue weighted by molar-refractivity contribution is 6.51. The molecule has 0 saturated carbocycles. The summed E-state index contributed by atoms with van der Waals surface area (Å²) >= 11 is 0. The van der Waals surface area contributed by atoms with Gasteiger partial charge in [0.1, 0.15) is 11.5 Å². The Morgan fingerprint density at radius 1 is 0.829 bits per heavy atom. The maximum Gasteiger partial charge on any atom is 0.300 e. The number of Topliss-reactive ketones (excluding diaryl/α,β-unsaturated/α-hetero) is 1. The molecule has 1 atom stereocenters. The van der Waals surface area contributed by atoms with E-state index >= 15 is 0 Å². The second-order valence-corrected chi connectivity index (χ2v) is 8.20. The van der Waals surface area contributed by atoms with E-state index in [2.05, 4.69) is 0 Å². The van der Waals surface area contributed by atoms with E-state index < -0.39 is 17.7 Å². The van der Waals surface area contributed by atoms with Gasteiger partial charge in [-0.2, -0.15) is 0 Å². The van der Waals surface area contributed by atoms with Crippen molar-refractivity contribution >= 4 is 23.1 Å². The number of ether oxygens (including phenoxy) is 3. The molecule has 1 N–H and O–H groups in total. The molecule has 1 fully saturated rings. The Hall–Kier alpha value is -4.26. The summed E-state index contributed by atoms with van der Waals surface area (Å²) in [5.74, 6) is -0.470. The van der Waals surface area contributed by atoms with Crippen LogP contribution >= 0.6 is 0 Å². The van der Waals surface area contributed by atoms with E-state index in [-0.39, 0.29) is 11.3 Å². The first-order valence-electron chi connectivity index (χ1n) is 11.1. The number of aliphatic hydroxyl groups excluding tert-OH is 1. The molecule has 1 unspecified atom stereocenters. The molecular weight excluding hydrogens is 446 g/mol. The Morgan fingerprint density at radius 3 is 2.20 bits per heavy atom. The van der Waals surface area contributed by atoms with Crippen molar-refractivity contribution in [1.29, 1.82) is 0 Å². The van der Waals surface area contributed by atoms with E-state index in [4.69, 9.17) is 14.2 Å². The lowest BCUT2D eigenvalue weighted by Gasteiger charge is -2.28. The summed E-state index contributed by atoms with van der Waals surface area (Å²) in [6.45, 7) is 3.84. The second-order valence-electron chi connectivity index (χ2n) is 8.20. The van der Waals surface area contributed by atoms with Gasteiger partial charge in [0.05, 0.1) is 32.9 Å². The topological polar surface area (TPSA) is 85.3 Å². The average molecular weight is 474 g/mol. The molecule has 35 heavy (non-hydrogen) atoms. The Labute approximate surface area is 204 Å². The minimum atomic E-state index is -0.903. The molecule has 0 aliphatic carbocycles. The van der Waals surface area contributed by atoms with Crippen molar-refractivity contribution in [2.24, 2.45) is 0 Å². The molecule has 0 bridgehead atoms. The average Bonchev–Trinajstić information content (AvgIpc) is 3.14. The normalized spacial score (nSPS) is 16.9. The third-order valence-corrected chi connectivity index (χ3v) is 6.37. The van der Waals surface area contributed by atoms with Gasteiger partial charge in [0, 0.05) is 16.8 Å². The van der Waals surface area contributed by atoms with Crippen molar-refractivity contribution in [3.8, 4) is 17.2 Å². The standard InChI is InChI=1S/C28H27NO6/c1-16-9-8-11-20(17(16)2)29-25(19-10-6-7-12-21(19)33-3)24(27(31)28(29)32)26(30)18-13-14-22(34-4)23(15-18)35-5/h6-15,25,30H,1-5H3/b26-24+. The van der Waals surface area contributed by atoms with Crippen LogP contribution in [0.2, 0.25) is 0 Å². The summed E-state index contributed by atoms with van der Waals surface area (Å²) in [5.41, 5.74) is 3.30. The first-order valence-corrected chi connectivity index (χ1v) is 11.1. The van der Waals surface area contributed by atoms with Crippen LogP contribution in [0, 0.1) is 13.8 Å². The fourth-order valence-corrected chi connectivity index (χ4v) is 4.40. The number of anilines is 1. The van der Waals surface area contributed by atoms with Crippen LogP contribution in [0.15, 0.2) is 66.2 Å². The molecule has 0 radical (unpaired) electrons. The van der Waals surface area contributed by atoms with E-state index in [0.29, 0.717) is 34.1 Å². The highest BCUT2D eigenvalue weighted by Crippen LogP contribution is 2.46. The molecule has 1 saturated heterocycles. The molecule has 0 aromatic heterocycles. The number of nitrogens with zero attached hydrogens (tertiary/aromatic N) is 1. The molecule has 7 nitrogen and oxygen atoms in total. The van der Waals surface area contributed by atoms with Gasteiger partial charge in [-0.25, -0.2) is 0 Å². The SMILES string of the molecule is COc1ccc(/C(O)=C2\C(=O)C(=O)N(c3cccc(C)c3C)C2c2ccccc2OC)cc1OC. The van der Waals surface area contributed by atoms with E-state index in [9.17, 15) is 14.7 Å². The van der Waals surface area contributed by atoms with Crippen molar-refractivity contribution in [3.63, 3.8) is 0 Å². The number of aliphatic hydroxyl groups is 1. The highest BCUT2D eigenvalue weighted by Gasteiger charge is 2.48. The predicted octanol–water partition coefficient (Wildman–Crippen LogP) is 4.96. The number of hydrogen-bond donors (Lipinski definition) is 1. The Bertz CT molecular complexity index is 1340. The van der Waals surface area contributed by atoms with Crippen molar-refractivity contribution in [3.05, 3.63) is 88.5 Å². The lowest BCUT2D eigenvalue weighted by molar-refractivity contribution is -0.132. The van der Waals surface area contributed by atoms with Gasteiger partial charge in [-0.05, 0) is 55.3 Å². The first kappa shape index (κ1) is 23.9. The van der Waals surface area contributed by atoms with Crippen LogP contribution in [0.4, 0.5) is 5.69 Å². The summed E-state index contributed by atoms with van der Waals surface area (Å²) in [6, 6.07) is 16.6. The Morgan fingerprint density at radius 2 is 1.51 bits per heavy atom.